The Balaban J connectivity index is 2.33. The molecule has 0 atom stereocenters. The predicted octanol–water partition coefficient (Wildman–Crippen LogP) is 4.38. The van der Waals surface area contributed by atoms with Crippen molar-refractivity contribution in [1.82, 2.24) is 14.8 Å². The number of halogens is 4. The number of aromatic nitrogens is 3. The van der Waals surface area contributed by atoms with Crippen molar-refractivity contribution in [3.05, 3.63) is 34.7 Å². The summed E-state index contributed by atoms with van der Waals surface area (Å²) in [5, 5.41) is 6.70. The number of anilines is 2. The van der Waals surface area contributed by atoms with Gasteiger partial charge in [0, 0.05) is 22.9 Å². The van der Waals surface area contributed by atoms with Crippen molar-refractivity contribution in [2.75, 3.05) is 5.32 Å². The second kappa shape index (κ2) is 5.43. The van der Waals surface area contributed by atoms with Crippen molar-refractivity contribution in [2.45, 2.75) is 26.1 Å². The normalized spacial score (nSPS) is 11.9. The third-order valence-corrected chi connectivity index (χ3v) is 2.99. The Bertz CT molecular complexity index is 607. The predicted molar refractivity (Wildman–Crippen MR) is 72.8 cm³/mol. The van der Waals surface area contributed by atoms with Crippen molar-refractivity contribution >= 4 is 27.4 Å². The zero-order chi connectivity index (χ0) is 14.9. The van der Waals surface area contributed by atoms with E-state index in [9.17, 15) is 13.2 Å². The van der Waals surface area contributed by atoms with E-state index in [1.54, 1.807) is 10.9 Å². The molecule has 0 spiro atoms. The molecule has 0 saturated carbocycles. The molecule has 1 N–H and O–H groups in total. The van der Waals surface area contributed by atoms with E-state index in [-0.39, 0.29) is 16.3 Å². The highest BCUT2D eigenvalue weighted by molar-refractivity contribution is 9.10. The zero-order valence-corrected chi connectivity index (χ0v) is 12.3. The molecule has 0 aliphatic rings. The molecule has 0 radical (unpaired) electrons. The summed E-state index contributed by atoms with van der Waals surface area (Å²) in [6.07, 6.45) is -0.0734. The fourth-order valence-electron chi connectivity index (χ4n) is 1.58. The van der Waals surface area contributed by atoms with E-state index in [1.165, 1.54) is 12.4 Å². The van der Waals surface area contributed by atoms with Gasteiger partial charge in [-0.2, -0.15) is 18.3 Å². The first-order chi connectivity index (χ1) is 9.27. The van der Waals surface area contributed by atoms with Crippen molar-refractivity contribution in [1.29, 1.82) is 0 Å². The number of alkyl halides is 3. The van der Waals surface area contributed by atoms with Gasteiger partial charge in [-0.05, 0) is 35.8 Å². The molecule has 2 rings (SSSR count). The van der Waals surface area contributed by atoms with Gasteiger partial charge in [-0.1, -0.05) is 0 Å². The molecular weight excluding hydrogens is 337 g/mol. The van der Waals surface area contributed by atoms with Gasteiger partial charge in [-0.15, -0.1) is 0 Å². The minimum Gasteiger partial charge on any atom is -0.337 e. The van der Waals surface area contributed by atoms with Crippen LogP contribution in [0, 0.1) is 0 Å². The molecule has 0 unspecified atom stereocenters. The van der Waals surface area contributed by atoms with Gasteiger partial charge in [-0.25, -0.2) is 4.98 Å². The molecule has 0 amide bonds. The summed E-state index contributed by atoms with van der Waals surface area (Å²) in [6.45, 7) is 3.85. The first-order valence-electron chi connectivity index (χ1n) is 5.81. The Morgan fingerprint density at radius 1 is 1.30 bits per heavy atom. The molecule has 0 fully saturated rings. The summed E-state index contributed by atoms with van der Waals surface area (Å²) >= 11 is 2.99. The van der Waals surface area contributed by atoms with Crippen molar-refractivity contribution < 1.29 is 13.2 Å². The van der Waals surface area contributed by atoms with E-state index >= 15 is 0 Å². The highest BCUT2D eigenvalue weighted by Crippen LogP contribution is 2.36. The quantitative estimate of drug-likeness (QED) is 0.894. The van der Waals surface area contributed by atoms with Crippen LogP contribution in [0.25, 0.3) is 0 Å². The molecule has 20 heavy (non-hydrogen) atoms. The average molecular weight is 349 g/mol. The summed E-state index contributed by atoms with van der Waals surface area (Å²) in [5.41, 5.74) is -0.372. The molecule has 4 nitrogen and oxygen atoms in total. The Labute approximate surface area is 122 Å². The van der Waals surface area contributed by atoms with Crippen LogP contribution in [0.2, 0.25) is 0 Å². The maximum absolute atomic E-state index is 12.9. The Morgan fingerprint density at radius 3 is 2.55 bits per heavy atom. The van der Waals surface area contributed by atoms with Crippen molar-refractivity contribution in [2.24, 2.45) is 0 Å². The molecule has 2 aromatic rings. The van der Waals surface area contributed by atoms with E-state index in [1.807, 2.05) is 13.8 Å². The Morgan fingerprint density at radius 2 is 2.00 bits per heavy atom. The van der Waals surface area contributed by atoms with Crippen LogP contribution in [0.5, 0.6) is 0 Å². The molecule has 0 bridgehead atoms. The minimum atomic E-state index is -4.48. The number of hydrogen-bond donors (Lipinski definition) is 1. The lowest BCUT2D eigenvalue weighted by Crippen LogP contribution is -2.10. The monoisotopic (exact) mass is 348 g/mol. The summed E-state index contributed by atoms with van der Waals surface area (Å²) in [4.78, 5) is 3.78. The molecule has 0 aromatic carbocycles. The Hall–Kier alpha value is -1.57. The lowest BCUT2D eigenvalue weighted by molar-refractivity contribution is -0.137. The lowest BCUT2D eigenvalue weighted by Gasteiger charge is -2.12. The zero-order valence-electron chi connectivity index (χ0n) is 10.7. The minimum absolute atomic E-state index is 0.130. The SMILES string of the molecule is CC(C)n1cc(Nc2ncc(Br)cc2C(F)(F)F)cn1. The highest BCUT2D eigenvalue weighted by Gasteiger charge is 2.34. The largest absolute Gasteiger partial charge is 0.420 e. The maximum Gasteiger partial charge on any atom is 0.420 e. The topological polar surface area (TPSA) is 42.7 Å². The van der Waals surface area contributed by atoms with E-state index in [0.29, 0.717) is 5.69 Å². The number of nitrogens with zero attached hydrogens (tertiary/aromatic N) is 3. The first-order valence-corrected chi connectivity index (χ1v) is 6.60. The van der Waals surface area contributed by atoms with E-state index in [2.05, 4.69) is 31.3 Å². The van der Waals surface area contributed by atoms with E-state index < -0.39 is 11.7 Å². The molecule has 0 saturated heterocycles. The number of rotatable bonds is 3. The van der Waals surface area contributed by atoms with Crippen LogP contribution >= 0.6 is 15.9 Å². The summed E-state index contributed by atoms with van der Waals surface area (Å²) in [7, 11) is 0. The lowest BCUT2D eigenvalue weighted by atomic mass is 10.2. The van der Waals surface area contributed by atoms with Crippen LogP contribution < -0.4 is 5.32 Å². The van der Waals surface area contributed by atoms with Gasteiger partial charge in [0.05, 0.1) is 17.4 Å². The molecule has 8 heteroatoms. The van der Waals surface area contributed by atoms with Gasteiger partial charge in [0.2, 0.25) is 0 Å². The average Bonchev–Trinajstić information content (AvgIpc) is 2.79. The van der Waals surface area contributed by atoms with Gasteiger partial charge in [0.15, 0.2) is 0 Å². The van der Waals surface area contributed by atoms with Gasteiger partial charge >= 0.3 is 6.18 Å². The fourth-order valence-corrected chi connectivity index (χ4v) is 1.91. The van der Waals surface area contributed by atoms with Crippen LogP contribution in [0.15, 0.2) is 29.1 Å². The Kier molecular flexibility index (Phi) is 4.03. The van der Waals surface area contributed by atoms with Crippen molar-refractivity contribution in [3.63, 3.8) is 0 Å². The van der Waals surface area contributed by atoms with Crippen molar-refractivity contribution in [3.8, 4) is 0 Å². The summed E-state index contributed by atoms with van der Waals surface area (Å²) in [6, 6.07) is 1.12. The van der Waals surface area contributed by atoms with Gasteiger partial charge in [0.25, 0.3) is 0 Å². The van der Waals surface area contributed by atoms with Gasteiger partial charge in [-0.3, -0.25) is 4.68 Å². The second-order valence-corrected chi connectivity index (χ2v) is 5.39. The highest BCUT2D eigenvalue weighted by atomic mass is 79.9. The smallest absolute Gasteiger partial charge is 0.337 e. The van der Waals surface area contributed by atoms with Crippen LogP contribution in [-0.4, -0.2) is 14.8 Å². The van der Waals surface area contributed by atoms with E-state index in [4.69, 9.17) is 0 Å². The van der Waals surface area contributed by atoms with Crippen LogP contribution in [0.3, 0.4) is 0 Å². The van der Waals surface area contributed by atoms with Crippen LogP contribution in [0.1, 0.15) is 25.5 Å². The number of pyridine rings is 1. The molecule has 108 valence electrons. The third-order valence-electron chi connectivity index (χ3n) is 2.55. The fraction of sp³-hybridized carbons (Fsp3) is 0.333. The third kappa shape index (κ3) is 3.30. The summed E-state index contributed by atoms with van der Waals surface area (Å²) < 4.78 is 40.7. The second-order valence-electron chi connectivity index (χ2n) is 4.48. The van der Waals surface area contributed by atoms with Crippen LogP contribution in [-0.2, 0) is 6.18 Å². The molecule has 2 heterocycles. The first kappa shape index (κ1) is 14.8. The molecule has 0 aliphatic carbocycles. The van der Waals surface area contributed by atoms with Crippen LogP contribution in [0.4, 0.5) is 24.7 Å². The summed E-state index contributed by atoms with van der Waals surface area (Å²) in [5.74, 6) is -0.246. The molecular formula is C12H12BrF3N4. The van der Waals surface area contributed by atoms with Gasteiger partial charge in [0.1, 0.15) is 5.82 Å². The number of hydrogen-bond acceptors (Lipinski definition) is 3. The molecule has 2 aromatic heterocycles. The maximum atomic E-state index is 12.9. The molecule has 0 aliphatic heterocycles. The standard InChI is InChI=1S/C12H12BrF3N4/c1-7(2)20-6-9(5-18-20)19-11-10(12(14,15)16)3-8(13)4-17-11/h3-7H,1-2H3,(H,17,19). The number of nitrogens with one attached hydrogen (secondary N) is 1. The van der Waals surface area contributed by atoms with Gasteiger partial charge < -0.3 is 5.32 Å². The van der Waals surface area contributed by atoms with E-state index in [0.717, 1.165) is 6.07 Å².